The third-order valence-corrected chi connectivity index (χ3v) is 6.18. The Morgan fingerprint density at radius 3 is 2.61 bits per heavy atom. The number of likely N-dealkylation sites (tertiary alicyclic amines) is 1. The first-order chi connectivity index (χ1) is 11.0. The first-order valence-electron chi connectivity index (χ1n) is 7.31. The summed E-state index contributed by atoms with van der Waals surface area (Å²) in [4.78, 5) is 14.4. The predicted octanol–water partition coefficient (Wildman–Crippen LogP) is 3.12. The lowest BCUT2D eigenvalue weighted by atomic mass is 10.2. The van der Waals surface area contributed by atoms with Crippen molar-refractivity contribution in [3.05, 3.63) is 52.9 Å². The summed E-state index contributed by atoms with van der Waals surface area (Å²) in [7, 11) is -3.42. The molecule has 1 fully saturated rings. The molecule has 122 valence electrons. The third kappa shape index (κ3) is 3.50. The average molecular weight is 398 g/mol. The number of carbonyl (C=O) groups excluding carboxylic acids is 1. The Kier molecular flexibility index (Phi) is 4.59. The summed E-state index contributed by atoms with van der Waals surface area (Å²) >= 11 is 3.17. The van der Waals surface area contributed by atoms with Crippen LogP contribution in [0.15, 0.2) is 56.4 Å². The van der Waals surface area contributed by atoms with E-state index >= 15 is 0 Å². The molecule has 1 aromatic heterocycles. The SMILES string of the molecule is O=C(c1ccc(Br)o1)N1CCCC1CS(=O)(=O)c1ccccc1. The number of sulfone groups is 1. The van der Waals surface area contributed by atoms with Gasteiger partial charge >= 0.3 is 0 Å². The fourth-order valence-electron chi connectivity index (χ4n) is 2.82. The second-order valence-corrected chi connectivity index (χ2v) is 8.31. The molecular weight excluding hydrogens is 382 g/mol. The van der Waals surface area contributed by atoms with Gasteiger partial charge in [-0.15, -0.1) is 0 Å². The molecule has 0 bridgehead atoms. The molecule has 1 aliphatic rings. The van der Waals surface area contributed by atoms with Gasteiger partial charge in [0.05, 0.1) is 10.6 Å². The van der Waals surface area contributed by atoms with Crippen LogP contribution < -0.4 is 0 Å². The molecule has 0 saturated carbocycles. The zero-order valence-electron chi connectivity index (χ0n) is 12.3. The molecule has 1 aromatic carbocycles. The Morgan fingerprint density at radius 1 is 1.22 bits per heavy atom. The van der Waals surface area contributed by atoms with E-state index in [0.29, 0.717) is 22.5 Å². The maximum absolute atomic E-state index is 12.5. The van der Waals surface area contributed by atoms with Crippen LogP contribution in [0.3, 0.4) is 0 Å². The minimum Gasteiger partial charge on any atom is -0.444 e. The molecule has 1 atom stereocenters. The Balaban J connectivity index is 1.78. The molecular formula is C16H16BrNO4S. The number of carbonyl (C=O) groups is 1. The highest BCUT2D eigenvalue weighted by atomic mass is 79.9. The highest BCUT2D eigenvalue weighted by Crippen LogP contribution is 2.25. The summed E-state index contributed by atoms with van der Waals surface area (Å²) < 4.78 is 30.8. The number of nitrogens with zero attached hydrogens (tertiary/aromatic N) is 1. The first kappa shape index (κ1) is 16.3. The molecule has 0 spiro atoms. The molecule has 7 heteroatoms. The topological polar surface area (TPSA) is 67.6 Å². The van der Waals surface area contributed by atoms with Crippen LogP contribution in [0.2, 0.25) is 0 Å². The molecule has 5 nitrogen and oxygen atoms in total. The second-order valence-electron chi connectivity index (χ2n) is 5.49. The van der Waals surface area contributed by atoms with E-state index in [1.54, 1.807) is 47.4 Å². The average Bonchev–Trinajstić information content (AvgIpc) is 3.16. The summed E-state index contributed by atoms with van der Waals surface area (Å²) in [6.45, 7) is 0.548. The predicted molar refractivity (Wildman–Crippen MR) is 89.0 cm³/mol. The van der Waals surface area contributed by atoms with Gasteiger partial charge in [-0.3, -0.25) is 4.79 Å². The highest BCUT2D eigenvalue weighted by Gasteiger charge is 2.34. The number of benzene rings is 1. The minimum atomic E-state index is -3.42. The van der Waals surface area contributed by atoms with Crippen LogP contribution >= 0.6 is 15.9 Å². The maximum atomic E-state index is 12.5. The summed E-state index contributed by atoms with van der Waals surface area (Å²) in [5.74, 6) is -0.104. The Hall–Kier alpha value is -1.60. The van der Waals surface area contributed by atoms with Gasteiger partial charge in [-0.1, -0.05) is 18.2 Å². The molecule has 3 rings (SSSR count). The lowest BCUT2D eigenvalue weighted by molar-refractivity contribution is 0.0715. The van der Waals surface area contributed by atoms with Crippen LogP contribution in [0.25, 0.3) is 0 Å². The van der Waals surface area contributed by atoms with Gasteiger partial charge in [0.15, 0.2) is 20.3 Å². The fraction of sp³-hybridized carbons (Fsp3) is 0.312. The van der Waals surface area contributed by atoms with Crippen molar-refractivity contribution in [3.63, 3.8) is 0 Å². The van der Waals surface area contributed by atoms with Crippen molar-refractivity contribution in [1.29, 1.82) is 0 Å². The van der Waals surface area contributed by atoms with E-state index in [2.05, 4.69) is 15.9 Å². The minimum absolute atomic E-state index is 0.0648. The first-order valence-corrected chi connectivity index (χ1v) is 9.76. The molecule has 1 unspecified atom stereocenters. The van der Waals surface area contributed by atoms with E-state index in [-0.39, 0.29) is 23.5 Å². The van der Waals surface area contributed by atoms with Gasteiger partial charge in [-0.25, -0.2) is 8.42 Å². The number of halogens is 1. The van der Waals surface area contributed by atoms with Gasteiger partial charge in [0.1, 0.15) is 0 Å². The largest absolute Gasteiger partial charge is 0.444 e. The Labute approximate surface area is 143 Å². The zero-order valence-corrected chi connectivity index (χ0v) is 14.7. The maximum Gasteiger partial charge on any atom is 0.289 e. The quantitative estimate of drug-likeness (QED) is 0.794. The number of amides is 1. The van der Waals surface area contributed by atoms with Crippen LogP contribution in [0.5, 0.6) is 0 Å². The Bertz CT molecular complexity index is 800. The second kappa shape index (κ2) is 6.49. The van der Waals surface area contributed by atoms with Crippen LogP contribution in [0.1, 0.15) is 23.4 Å². The van der Waals surface area contributed by atoms with Crippen molar-refractivity contribution in [2.45, 2.75) is 23.8 Å². The van der Waals surface area contributed by atoms with Crippen molar-refractivity contribution >= 4 is 31.7 Å². The van der Waals surface area contributed by atoms with E-state index in [4.69, 9.17) is 4.42 Å². The molecule has 2 aromatic rings. The lowest BCUT2D eigenvalue weighted by Gasteiger charge is -2.23. The van der Waals surface area contributed by atoms with Crippen molar-refractivity contribution in [1.82, 2.24) is 4.90 Å². The molecule has 0 N–H and O–H groups in total. The molecule has 1 saturated heterocycles. The molecule has 1 aliphatic heterocycles. The van der Waals surface area contributed by atoms with Crippen molar-refractivity contribution in [3.8, 4) is 0 Å². The third-order valence-electron chi connectivity index (χ3n) is 3.94. The van der Waals surface area contributed by atoms with E-state index in [1.807, 2.05) is 0 Å². The summed E-state index contributed by atoms with van der Waals surface area (Å²) in [5, 5.41) is 0. The monoisotopic (exact) mass is 397 g/mol. The van der Waals surface area contributed by atoms with E-state index < -0.39 is 9.84 Å². The van der Waals surface area contributed by atoms with Crippen molar-refractivity contribution < 1.29 is 17.6 Å². The van der Waals surface area contributed by atoms with Gasteiger partial charge < -0.3 is 9.32 Å². The van der Waals surface area contributed by atoms with E-state index in [9.17, 15) is 13.2 Å². The van der Waals surface area contributed by atoms with Crippen LogP contribution in [-0.2, 0) is 9.84 Å². The molecule has 0 radical (unpaired) electrons. The molecule has 2 heterocycles. The van der Waals surface area contributed by atoms with Gasteiger partial charge in [0.2, 0.25) is 0 Å². The summed E-state index contributed by atoms with van der Waals surface area (Å²) in [6, 6.07) is 11.3. The number of furan rings is 1. The fourth-order valence-corrected chi connectivity index (χ4v) is 4.75. The van der Waals surface area contributed by atoms with E-state index in [1.165, 1.54) is 0 Å². The molecule has 1 amide bonds. The molecule has 0 aliphatic carbocycles. The number of rotatable bonds is 4. The highest BCUT2D eigenvalue weighted by molar-refractivity contribution is 9.10. The summed E-state index contributed by atoms with van der Waals surface area (Å²) in [5.41, 5.74) is 0. The van der Waals surface area contributed by atoms with Gasteiger partial charge in [-0.2, -0.15) is 0 Å². The smallest absolute Gasteiger partial charge is 0.289 e. The molecule has 23 heavy (non-hydrogen) atoms. The zero-order chi connectivity index (χ0) is 16.4. The van der Waals surface area contributed by atoms with Crippen molar-refractivity contribution in [2.24, 2.45) is 0 Å². The Morgan fingerprint density at radius 2 is 1.96 bits per heavy atom. The van der Waals surface area contributed by atoms with Gasteiger partial charge in [0.25, 0.3) is 5.91 Å². The number of hydrogen-bond acceptors (Lipinski definition) is 4. The normalized spacial score (nSPS) is 18.3. The number of hydrogen-bond donors (Lipinski definition) is 0. The lowest BCUT2D eigenvalue weighted by Crippen LogP contribution is -2.39. The van der Waals surface area contributed by atoms with Gasteiger partial charge in [-0.05, 0) is 53.0 Å². The van der Waals surface area contributed by atoms with Crippen LogP contribution in [0.4, 0.5) is 0 Å². The van der Waals surface area contributed by atoms with Crippen LogP contribution in [0, 0.1) is 0 Å². The van der Waals surface area contributed by atoms with Gasteiger partial charge in [0, 0.05) is 12.6 Å². The summed E-state index contributed by atoms with van der Waals surface area (Å²) in [6.07, 6.45) is 1.47. The van der Waals surface area contributed by atoms with E-state index in [0.717, 1.165) is 6.42 Å². The standard InChI is InChI=1S/C16H16BrNO4S/c17-15-9-8-14(22-15)16(19)18-10-4-5-12(18)11-23(20,21)13-6-2-1-3-7-13/h1-3,6-9,12H,4-5,10-11H2. The van der Waals surface area contributed by atoms with Crippen LogP contribution in [-0.4, -0.2) is 37.6 Å². The van der Waals surface area contributed by atoms with Crippen molar-refractivity contribution in [2.75, 3.05) is 12.3 Å².